The van der Waals surface area contributed by atoms with E-state index < -0.39 is 11.7 Å². The number of amides is 2. The fourth-order valence-corrected chi connectivity index (χ4v) is 2.65. The Bertz CT molecular complexity index is 526. The zero-order valence-corrected chi connectivity index (χ0v) is 13.7. The number of urea groups is 1. The van der Waals surface area contributed by atoms with Crippen LogP contribution in [0.4, 0.5) is 18.0 Å². The van der Waals surface area contributed by atoms with Crippen molar-refractivity contribution in [2.45, 2.75) is 38.0 Å². The van der Waals surface area contributed by atoms with Gasteiger partial charge < -0.3 is 15.0 Å². The number of likely N-dealkylation sites (N-methyl/N-ethyl adjacent to an activating group) is 1. The van der Waals surface area contributed by atoms with Crippen LogP contribution in [-0.2, 0) is 17.3 Å². The molecular formula is C17H23F3N2O2. The molecule has 1 aliphatic rings. The van der Waals surface area contributed by atoms with Crippen LogP contribution in [0.25, 0.3) is 0 Å². The van der Waals surface area contributed by atoms with E-state index in [4.69, 9.17) is 4.74 Å². The number of ether oxygens (including phenoxy) is 1. The van der Waals surface area contributed by atoms with Gasteiger partial charge in [0.1, 0.15) is 0 Å². The van der Waals surface area contributed by atoms with Crippen molar-refractivity contribution in [2.24, 2.45) is 0 Å². The van der Waals surface area contributed by atoms with E-state index >= 15 is 0 Å². The second-order valence-corrected chi connectivity index (χ2v) is 6.05. The van der Waals surface area contributed by atoms with Gasteiger partial charge in [0.25, 0.3) is 0 Å². The van der Waals surface area contributed by atoms with E-state index in [1.165, 1.54) is 12.1 Å². The zero-order valence-electron chi connectivity index (χ0n) is 13.7. The molecule has 1 unspecified atom stereocenters. The summed E-state index contributed by atoms with van der Waals surface area (Å²) in [6, 6.07) is 4.80. The number of carbonyl (C=O) groups excluding carboxylic acids is 1. The molecule has 0 saturated carbocycles. The van der Waals surface area contributed by atoms with Gasteiger partial charge in [0.2, 0.25) is 0 Å². The minimum Gasteiger partial charge on any atom is -0.376 e. The summed E-state index contributed by atoms with van der Waals surface area (Å²) < 4.78 is 43.1. The van der Waals surface area contributed by atoms with Gasteiger partial charge in [-0.1, -0.05) is 12.1 Å². The molecule has 1 aromatic carbocycles. The Labute approximate surface area is 140 Å². The number of halogens is 3. The molecule has 0 aromatic heterocycles. The molecule has 1 N–H and O–H groups in total. The highest BCUT2D eigenvalue weighted by atomic mass is 19.4. The molecular weight excluding hydrogens is 321 g/mol. The van der Waals surface area contributed by atoms with Gasteiger partial charge in [0, 0.05) is 26.7 Å². The lowest BCUT2D eigenvalue weighted by atomic mass is 10.1. The molecule has 1 heterocycles. The maximum atomic E-state index is 12.5. The number of nitrogens with zero attached hydrogens (tertiary/aromatic N) is 1. The van der Waals surface area contributed by atoms with Crippen LogP contribution in [0, 0.1) is 0 Å². The predicted molar refractivity (Wildman–Crippen MR) is 84.8 cm³/mol. The number of hydrogen-bond acceptors (Lipinski definition) is 2. The third-order valence-corrected chi connectivity index (χ3v) is 4.07. The first-order valence-corrected chi connectivity index (χ1v) is 8.13. The van der Waals surface area contributed by atoms with Crippen molar-refractivity contribution in [3.8, 4) is 0 Å². The predicted octanol–water partition coefficient (Wildman–Crippen LogP) is 3.46. The van der Waals surface area contributed by atoms with Crippen molar-refractivity contribution in [3.63, 3.8) is 0 Å². The Kier molecular flexibility index (Phi) is 6.48. The molecule has 134 valence electrons. The quantitative estimate of drug-likeness (QED) is 0.889. The van der Waals surface area contributed by atoms with E-state index in [2.05, 4.69) is 5.32 Å². The van der Waals surface area contributed by atoms with E-state index in [-0.39, 0.29) is 12.1 Å². The third kappa shape index (κ3) is 5.70. The second-order valence-electron chi connectivity index (χ2n) is 6.05. The molecule has 1 aromatic rings. The van der Waals surface area contributed by atoms with Crippen LogP contribution in [0.3, 0.4) is 0 Å². The number of benzene rings is 1. The maximum absolute atomic E-state index is 12.5. The van der Waals surface area contributed by atoms with Gasteiger partial charge in [-0.15, -0.1) is 0 Å². The number of rotatable bonds is 5. The van der Waals surface area contributed by atoms with E-state index in [1.807, 2.05) is 0 Å². The average Bonchev–Trinajstić information content (AvgIpc) is 2.55. The van der Waals surface area contributed by atoms with Crippen LogP contribution in [-0.4, -0.2) is 43.8 Å². The van der Waals surface area contributed by atoms with Crippen LogP contribution < -0.4 is 5.32 Å². The zero-order chi connectivity index (χ0) is 17.6. The Morgan fingerprint density at radius 2 is 2.00 bits per heavy atom. The molecule has 0 spiro atoms. The van der Waals surface area contributed by atoms with E-state index in [9.17, 15) is 18.0 Å². The number of carbonyl (C=O) groups is 1. The lowest BCUT2D eigenvalue weighted by Gasteiger charge is -2.27. The molecule has 1 aliphatic heterocycles. The average molecular weight is 344 g/mol. The minimum absolute atomic E-state index is 0.0874. The summed E-state index contributed by atoms with van der Waals surface area (Å²) in [5, 5.41) is 2.77. The summed E-state index contributed by atoms with van der Waals surface area (Å²) in [7, 11) is 1.71. The van der Waals surface area contributed by atoms with Crippen molar-refractivity contribution in [3.05, 3.63) is 35.4 Å². The van der Waals surface area contributed by atoms with Gasteiger partial charge in [0.15, 0.2) is 0 Å². The van der Waals surface area contributed by atoms with Gasteiger partial charge in [-0.05, 0) is 43.4 Å². The summed E-state index contributed by atoms with van der Waals surface area (Å²) in [6.07, 6.45) is -0.602. The van der Waals surface area contributed by atoms with Crippen molar-refractivity contribution >= 4 is 6.03 Å². The topological polar surface area (TPSA) is 41.6 Å². The monoisotopic (exact) mass is 344 g/mol. The number of alkyl halides is 3. The summed E-state index contributed by atoms with van der Waals surface area (Å²) in [5.74, 6) is 0. The van der Waals surface area contributed by atoms with Gasteiger partial charge in [-0.25, -0.2) is 4.79 Å². The smallest absolute Gasteiger partial charge is 0.376 e. The Morgan fingerprint density at radius 3 is 2.58 bits per heavy atom. The van der Waals surface area contributed by atoms with E-state index in [0.29, 0.717) is 19.5 Å². The maximum Gasteiger partial charge on any atom is 0.416 e. The summed E-state index contributed by atoms with van der Waals surface area (Å²) in [4.78, 5) is 13.6. The molecule has 0 radical (unpaired) electrons. The van der Waals surface area contributed by atoms with Gasteiger partial charge >= 0.3 is 12.2 Å². The lowest BCUT2D eigenvalue weighted by molar-refractivity contribution is -0.137. The van der Waals surface area contributed by atoms with Gasteiger partial charge in [-0.2, -0.15) is 13.2 Å². The largest absolute Gasteiger partial charge is 0.416 e. The van der Waals surface area contributed by atoms with Crippen LogP contribution in [0.15, 0.2) is 24.3 Å². The van der Waals surface area contributed by atoms with Crippen molar-refractivity contribution in [1.29, 1.82) is 0 Å². The number of nitrogens with one attached hydrogen (secondary N) is 1. The number of hydrogen-bond donors (Lipinski definition) is 1. The SMILES string of the molecule is CN(CC1CCCCO1)C(=O)NCCc1ccc(C(F)(F)F)cc1. The first kappa shape index (κ1) is 18.6. The van der Waals surface area contributed by atoms with E-state index in [0.717, 1.165) is 43.6 Å². The molecule has 4 nitrogen and oxygen atoms in total. The van der Waals surface area contributed by atoms with Crippen molar-refractivity contribution in [1.82, 2.24) is 10.2 Å². The molecule has 0 aliphatic carbocycles. The van der Waals surface area contributed by atoms with Gasteiger partial charge in [-0.3, -0.25) is 0 Å². The fourth-order valence-electron chi connectivity index (χ4n) is 2.65. The molecule has 1 saturated heterocycles. The Hall–Kier alpha value is -1.76. The molecule has 1 fully saturated rings. The first-order chi connectivity index (χ1) is 11.4. The molecule has 7 heteroatoms. The fraction of sp³-hybridized carbons (Fsp3) is 0.588. The van der Waals surface area contributed by atoms with Crippen LogP contribution >= 0.6 is 0 Å². The van der Waals surface area contributed by atoms with Crippen LogP contribution in [0.2, 0.25) is 0 Å². The molecule has 2 amide bonds. The van der Waals surface area contributed by atoms with Crippen molar-refractivity contribution in [2.75, 3.05) is 26.7 Å². The highest BCUT2D eigenvalue weighted by molar-refractivity contribution is 5.73. The van der Waals surface area contributed by atoms with E-state index in [1.54, 1.807) is 11.9 Å². The first-order valence-electron chi connectivity index (χ1n) is 8.13. The summed E-state index contributed by atoms with van der Waals surface area (Å²) in [6.45, 7) is 1.67. The Balaban J connectivity index is 1.71. The summed E-state index contributed by atoms with van der Waals surface area (Å²) in [5.41, 5.74) is 0.0871. The normalized spacial score (nSPS) is 18.2. The lowest BCUT2D eigenvalue weighted by Crippen LogP contribution is -2.43. The standard InChI is InChI=1S/C17H23F3N2O2/c1-22(12-15-4-2-3-11-24-15)16(23)21-10-9-13-5-7-14(8-6-13)17(18,19)20/h5-8,15H,2-4,9-12H2,1H3,(H,21,23). The molecule has 1 atom stereocenters. The third-order valence-electron chi connectivity index (χ3n) is 4.07. The second kappa shape index (κ2) is 8.37. The van der Waals surface area contributed by atoms with Crippen LogP contribution in [0.5, 0.6) is 0 Å². The molecule has 0 bridgehead atoms. The summed E-state index contributed by atoms with van der Waals surface area (Å²) >= 11 is 0. The molecule has 2 rings (SSSR count). The Morgan fingerprint density at radius 1 is 1.29 bits per heavy atom. The molecule has 24 heavy (non-hydrogen) atoms. The highest BCUT2D eigenvalue weighted by Crippen LogP contribution is 2.29. The van der Waals surface area contributed by atoms with Gasteiger partial charge in [0.05, 0.1) is 11.7 Å². The highest BCUT2D eigenvalue weighted by Gasteiger charge is 2.29. The van der Waals surface area contributed by atoms with Crippen LogP contribution in [0.1, 0.15) is 30.4 Å². The minimum atomic E-state index is -4.32. The van der Waals surface area contributed by atoms with Crippen molar-refractivity contribution < 1.29 is 22.7 Å².